The third kappa shape index (κ3) is 7.69. The topological polar surface area (TPSA) is 133 Å². The Morgan fingerprint density at radius 1 is 0.771 bits per heavy atom. The van der Waals surface area contributed by atoms with Gasteiger partial charge in [-0.1, -0.05) is 60.7 Å². The van der Waals surface area contributed by atoms with E-state index < -0.39 is 20.8 Å². The summed E-state index contributed by atoms with van der Waals surface area (Å²) >= 11 is 0. The summed E-state index contributed by atoms with van der Waals surface area (Å²) in [4.78, 5) is 0.136. The molecular weight excluding hydrogens is 488 g/mol. The van der Waals surface area contributed by atoms with Crippen LogP contribution >= 0.6 is 0 Å². The molecule has 0 atom stereocenters. The number of nitrogens with zero attached hydrogens (tertiary/aromatic N) is 1. The van der Waals surface area contributed by atoms with E-state index in [1.165, 1.54) is 16.8 Å². The van der Waals surface area contributed by atoms with E-state index in [1.807, 2.05) is 24.3 Å². The van der Waals surface area contributed by atoms with Gasteiger partial charge in [0, 0.05) is 31.0 Å². The van der Waals surface area contributed by atoms with E-state index in [1.54, 1.807) is 12.1 Å². The fraction of sp³-hybridized carbons (Fsp3) is 0.115. The Morgan fingerprint density at radius 2 is 1.29 bits per heavy atom. The summed E-state index contributed by atoms with van der Waals surface area (Å²) in [6.45, 7) is 2.91. The molecule has 0 aliphatic heterocycles. The fourth-order valence-corrected chi connectivity index (χ4v) is 4.30. The van der Waals surface area contributed by atoms with Crippen molar-refractivity contribution in [2.45, 2.75) is 24.8 Å². The summed E-state index contributed by atoms with van der Waals surface area (Å²) in [6.07, 6.45) is 0.779. The maximum absolute atomic E-state index is 11.5. The Labute approximate surface area is 208 Å². The molecule has 4 aromatic rings. The zero-order valence-electron chi connectivity index (χ0n) is 19.0. The van der Waals surface area contributed by atoms with Gasteiger partial charge in [-0.05, 0) is 41.0 Å². The summed E-state index contributed by atoms with van der Waals surface area (Å²) in [5, 5.41) is 5.21. The Bertz CT molecular complexity index is 1350. The first-order valence-corrected chi connectivity index (χ1v) is 13.1. The van der Waals surface area contributed by atoms with Crippen molar-refractivity contribution in [3.05, 3.63) is 108 Å². The lowest BCUT2D eigenvalue weighted by Gasteiger charge is -2.11. The summed E-state index contributed by atoms with van der Waals surface area (Å²) in [5.41, 5.74) is 6.92. The van der Waals surface area contributed by atoms with Crippen molar-refractivity contribution in [3.8, 4) is 22.4 Å². The van der Waals surface area contributed by atoms with Gasteiger partial charge in [0.15, 0.2) is 12.2 Å². The van der Waals surface area contributed by atoms with Crippen molar-refractivity contribution < 1.29 is 37.7 Å². The van der Waals surface area contributed by atoms with Crippen LogP contribution < -0.4 is 23.7 Å². The highest BCUT2D eigenvalue weighted by Crippen LogP contribution is 2.25. The van der Waals surface area contributed by atoms with Gasteiger partial charge < -0.3 is 14.0 Å². The van der Waals surface area contributed by atoms with E-state index in [9.17, 15) is 8.42 Å². The molecular formula is C26H25ClN2O5S. The van der Waals surface area contributed by atoms with Crippen molar-refractivity contribution in [1.82, 2.24) is 0 Å². The van der Waals surface area contributed by atoms with Gasteiger partial charge in [-0.3, -0.25) is 0 Å². The van der Waals surface area contributed by atoms with Crippen LogP contribution in [0.2, 0.25) is 0 Å². The lowest BCUT2D eigenvalue weighted by Crippen LogP contribution is -2.42. The number of nitrogens with two attached hydrogens (primary N) is 1. The molecule has 3 aromatic carbocycles. The minimum Gasteiger partial charge on any atom is -0.357 e. The molecule has 35 heavy (non-hydrogen) atoms. The van der Waals surface area contributed by atoms with Gasteiger partial charge >= 0.3 is 0 Å². The van der Waals surface area contributed by atoms with Crippen LogP contribution in [-0.2, 0) is 23.0 Å². The largest absolute Gasteiger partial charge is 0.357 e. The number of aromatic nitrogens is 1. The van der Waals surface area contributed by atoms with E-state index in [-0.39, 0.29) is 4.90 Å². The van der Waals surface area contributed by atoms with Crippen LogP contribution in [0.15, 0.2) is 102 Å². The third-order valence-electron chi connectivity index (χ3n) is 5.43. The smallest absolute Gasteiger partial charge is 0.238 e. The maximum Gasteiger partial charge on any atom is 0.238 e. The summed E-state index contributed by atoms with van der Waals surface area (Å²) in [5.74, 6) is 0. The highest BCUT2D eigenvalue weighted by atomic mass is 35.6. The van der Waals surface area contributed by atoms with E-state index in [2.05, 4.69) is 72.2 Å². The normalized spacial score (nSPS) is 11.1. The minimum atomic E-state index is -3.67. The van der Waals surface area contributed by atoms with Gasteiger partial charge in [-0.2, -0.15) is 4.57 Å². The molecule has 0 aliphatic carbocycles. The standard InChI is InChI=1S/C26H25N2O2S.ClO3/c1-20-18-24(22-8-4-2-5-9-22)19-26(23-10-6-3-7-11-23)28(20)17-16-21-12-14-25(15-13-21)31(27,29)30;2-1(3)4/h2-15,18-19H,16-17H2,1H3,(H2,27,29,30);/q+1;-1. The first-order valence-electron chi connectivity index (χ1n) is 10.7. The predicted molar refractivity (Wildman–Crippen MR) is 124 cm³/mol. The maximum atomic E-state index is 11.5. The quantitative estimate of drug-likeness (QED) is 0.384. The summed E-state index contributed by atoms with van der Waals surface area (Å²) in [7, 11) is -6.52. The Morgan fingerprint density at radius 3 is 1.80 bits per heavy atom. The number of halogens is 1. The van der Waals surface area contributed by atoms with Crippen LogP contribution in [0.3, 0.4) is 0 Å². The SMILES string of the molecule is Cc1cc(-c2ccccc2)cc(-c2ccccc2)[n+]1CCc1ccc(S(N)(=O)=O)cc1.[O-][Cl+2]([O-])[O-]. The first-order chi connectivity index (χ1) is 16.6. The van der Waals surface area contributed by atoms with Crippen LogP contribution in [0.25, 0.3) is 22.4 Å². The fourth-order valence-electron chi connectivity index (χ4n) is 3.79. The highest BCUT2D eigenvalue weighted by molar-refractivity contribution is 7.89. The summed E-state index contributed by atoms with van der Waals surface area (Å²) < 4.78 is 50.5. The van der Waals surface area contributed by atoms with E-state index >= 15 is 0 Å². The Hall–Kier alpha value is -3.11. The number of pyridine rings is 1. The second-order valence-corrected chi connectivity index (χ2v) is 9.72. The number of primary sulfonamides is 1. The average Bonchev–Trinajstić information content (AvgIpc) is 2.83. The summed E-state index contributed by atoms with van der Waals surface area (Å²) in [6, 6.07) is 32.0. The molecule has 182 valence electrons. The minimum absolute atomic E-state index is 0.136. The molecule has 0 aliphatic rings. The lowest BCUT2D eigenvalue weighted by molar-refractivity contribution is -1.73. The van der Waals surface area contributed by atoms with Gasteiger partial charge in [-0.25, -0.2) is 13.6 Å². The lowest BCUT2D eigenvalue weighted by atomic mass is 10.0. The molecule has 1 aromatic heterocycles. The number of benzene rings is 3. The van der Waals surface area contributed by atoms with Crippen molar-refractivity contribution in [1.29, 1.82) is 0 Å². The number of aryl methyl sites for hydroxylation is 2. The predicted octanol–water partition coefficient (Wildman–Crippen LogP) is 0.940. The number of sulfonamides is 1. The number of rotatable bonds is 6. The molecule has 0 spiro atoms. The van der Waals surface area contributed by atoms with Gasteiger partial charge in [0.2, 0.25) is 15.7 Å². The van der Waals surface area contributed by atoms with Crippen molar-refractivity contribution in [2.24, 2.45) is 5.14 Å². The molecule has 0 saturated carbocycles. The monoisotopic (exact) mass is 512 g/mol. The van der Waals surface area contributed by atoms with E-state index in [0.717, 1.165) is 29.8 Å². The van der Waals surface area contributed by atoms with Crippen LogP contribution in [0.1, 0.15) is 11.3 Å². The first kappa shape index (κ1) is 26.5. The van der Waals surface area contributed by atoms with Gasteiger partial charge in [-0.15, -0.1) is 0 Å². The van der Waals surface area contributed by atoms with Crippen LogP contribution in [-0.4, -0.2) is 8.42 Å². The number of hydrogen-bond acceptors (Lipinski definition) is 5. The molecule has 0 amide bonds. The zero-order chi connectivity index (χ0) is 25.4. The molecule has 0 saturated heterocycles. The molecule has 0 unspecified atom stereocenters. The van der Waals surface area contributed by atoms with Crippen LogP contribution in [0.5, 0.6) is 0 Å². The number of hydrogen-bond donors (Lipinski definition) is 1. The van der Waals surface area contributed by atoms with Crippen molar-refractivity contribution in [3.63, 3.8) is 0 Å². The molecule has 2 N–H and O–H groups in total. The second-order valence-electron chi connectivity index (χ2n) is 7.78. The van der Waals surface area contributed by atoms with E-state index in [4.69, 9.17) is 19.1 Å². The molecule has 9 heteroatoms. The van der Waals surface area contributed by atoms with Crippen LogP contribution in [0, 0.1) is 17.7 Å². The highest BCUT2D eigenvalue weighted by Gasteiger charge is 2.19. The average molecular weight is 513 g/mol. The van der Waals surface area contributed by atoms with E-state index in [0.29, 0.717) is 0 Å². The van der Waals surface area contributed by atoms with Crippen LogP contribution in [0.4, 0.5) is 0 Å². The molecule has 0 radical (unpaired) electrons. The molecule has 1 heterocycles. The zero-order valence-corrected chi connectivity index (χ0v) is 20.6. The second kappa shape index (κ2) is 12.0. The molecule has 4 rings (SSSR count). The van der Waals surface area contributed by atoms with Gasteiger partial charge in [0.25, 0.3) is 0 Å². The third-order valence-corrected chi connectivity index (χ3v) is 6.36. The molecule has 0 fully saturated rings. The van der Waals surface area contributed by atoms with Crippen molar-refractivity contribution >= 4 is 10.0 Å². The molecule has 0 bridgehead atoms. The van der Waals surface area contributed by atoms with Crippen molar-refractivity contribution in [2.75, 3.05) is 0 Å². The Balaban J connectivity index is 0.000000795. The molecule has 7 nitrogen and oxygen atoms in total. The van der Waals surface area contributed by atoms with Gasteiger partial charge in [0.05, 0.1) is 15.7 Å². The van der Waals surface area contributed by atoms with Gasteiger partial charge in [0.1, 0.15) is 0 Å². The Kier molecular flexibility index (Phi) is 9.11.